The number of nitrogens with one attached hydrogen (secondary N) is 1. The molecule has 1 aromatic heterocycles. The summed E-state index contributed by atoms with van der Waals surface area (Å²) >= 11 is 3.42. The molecule has 2 heterocycles. The van der Waals surface area contributed by atoms with Crippen LogP contribution in [0, 0.1) is 23.1 Å². The van der Waals surface area contributed by atoms with Gasteiger partial charge >= 0.3 is 0 Å². The first-order valence-corrected chi connectivity index (χ1v) is 8.98. The molecule has 0 saturated heterocycles. The van der Waals surface area contributed by atoms with Crippen LogP contribution in [0.2, 0.25) is 0 Å². The summed E-state index contributed by atoms with van der Waals surface area (Å²) in [4.78, 5) is 33.9. The predicted molar refractivity (Wildman–Crippen MR) is 96.1 cm³/mol. The summed E-state index contributed by atoms with van der Waals surface area (Å²) in [6, 6.07) is 7.65. The zero-order valence-corrected chi connectivity index (χ0v) is 15.5. The standard InChI is InChI=1S/C18H13BrFN5O2/c19-11-1-2-13-14(3-11)18(4-10(18)5-21)9-25(16(13)27)8-15(26)24-17-22-6-12(20)7-23-17/h1-3,6-7,10H,4,8-9H2,(H,22,23,24,26)/t10-,18-/m1/s1. The van der Waals surface area contributed by atoms with Crippen molar-refractivity contribution in [1.82, 2.24) is 14.9 Å². The molecule has 2 aliphatic rings. The summed E-state index contributed by atoms with van der Waals surface area (Å²) in [5, 5.41) is 11.8. The Bertz CT molecular complexity index is 990. The number of nitriles is 1. The number of benzene rings is 1. The van der Waals surface area contributed by atoms with Gasteiger partial charge in [0.25, 0.3) is 5.91 Å². The van der Waals surface area contributed by atoms with Crippen LogP contribution < -0.4 is 5.32 Å². The van der Waals surface area contributed by atoms with Crippen molar-refractivity contribution in [3.63, 3.8) is 0 Å². The van der Waals surface area contributed by atoms with Gasteiger partial charge in [-0.2, -0.15) is 5.26 Å². The normalized spacial score (nSPS) is 22.9. The number of rotatable bonds is 3. The largest absolute Gasteiger partial charge is 0.328 e. The van der Waals surface area contributed by atoms with E-state index in [-0.39, 0.29) is 24.3 Å². The molecule has 2 atom stereocenters. The summed E-state index contributed by atoms with van der Waals surface area (Å²) < 4.78 is 13.7. The van der Waals surface area contributed by atoms with Crippen molar-refractivity contribution in [1.29, 1.82) is 5.26 Å². The van der Waals surface area contributed by atoms with Gasteiger partial charge in [-0.15, -0.1) is 0 Å². The fourth-order valence-electron chi connectivity index (χ4n) is 3.57. The topological polar surface area (TPSA) is 99.0 Å². The lowest BCUT2D eigenvalue weighted by Gasteiger charge is -2.34. The summed E-state index contributed by atoms with van der Waals surface area (Å²) in [6.07, 6.45) is 2.54. The van der Waals surface area contributed by atoms with Gasteiger partial charge in [0.05, 0.1) is 24.4 Å². The number of anilines is 1. The van der Waals surface area contributed by atoms with Crippen LogP contribution >= 0.6 is 15.9 Å². The van der Waals surface area contributed by atoms with E-state index in [0.717, 1.165) is 22.4 Å². The van der Waals surface area contributed by atoms with Gasteiger partial charge < -0.3 is 4.90 Å². The molecule has 1 fully saturated rings. The highest BCUT2D eigenvalue weighted by atomic mass is 79.9. The number of hydrogen-bond acceptors (Lipinski definition) is 5. The maximum Gasteiger partial charge on any atom is 0.254 e. The van der Waals surface area contributed by atoms with Gasteiger partial charge in [-0.05, 0) is 30.2 Å². The smallest absolute Gasteiger partial charge is 0.254 e. The lowest BCUT2D eigenvalue weighted by atomic mass is 9.84. The molecule has 4 rings (SSSR count). The first-order valence-electron chi connectivity index (χ1n) is 8.19. The minimum absolute atomic E-state index is 0.0359. The molecule has 1 saturated carbocycles. The quantitative estimate of drug-likeness (QED) is 0.806. The lowest BCUT2D eigenvalue weighted by Crippen LogP contribution is -2.47. The van der Waals surface area contributed by atoms with Crippen LogP contribution in [-0.4, -0.2) is 39.8 Å². The van der Waals surface area contributed by atoms with Gasteiger partial charge in [0.15, 0.2) is 5.82 Å². The number of halogens is 2. The molecule has 1 aliphatic carbocycles. The Morgan fingerprint density at radius 2 is 2.19 bits per heavy atom. The van der Waals surface area contributed by atoms with E-state index in [2.05, 4.69) is 37.3 Å². The van der Waals surface area contributed by atoms with Crippen LogP contribution in [-0.2, 0) is 10.2 Å². The number of carbonyl (C=O) groups excluding carboxylic acids is 2. The van der Waals surface area contributed by atoms with E-state index in [1.165, 1.54) is 4.90 Å². The molecule has 9 heteroatoms. The van der Waals surface area contributed by atoms with Crippen molar-refractivity contribution in [2.75, 3.05) is 18.4 Å². The third kappa shape index (κ3) is 3.06. The predicted octanol–water partition coefficient (Wildman–Crippen LogP) is 2.25. The Labute approximate surface area is 162 Å². The Morgan fingerprint density at radius 3 is 2.85 bits per heavy atom. The first kappa shape index (κ1) is 17.5. The minimum Gasteiger partial charge on any atom is -0.328 e. The second-order valence-corrected chi connectivity index (χ2v) is 7.58. The second-order valence-electron chi connectivity index (χ2n) is 6.67. The highest BCUT2D eigenvalue weighted by Gasteiger charge is 2.60. The van der Waals surface area contributed by atoms with Gasteiger partial charge in [-0.25, -0.2) is 14.4 Å². The number of nitrogens with zero attached hydrogens (tertiary/aromatic N) is 4. The fraction of sp³-hybridized carbons (Fsp3) is 0.278. The minimum atomic E-state index is -0.611. The third-order valence-electron chi connectivity index (χ3n) is 4.95. The van der Waals surface area contributed by atoms with E-state index in [0.29, 0.717) is 18.5 Å². The van der Waals surface area contributed by atoms with Crippen molar-refractivity contribution >= 4 is 33.7 Å². The molecule has 7 nitrogen and oxygen atoms in total. The summed E-state index contributed by atoms with van der Waals surface area (Å²) in [5.41, 5.74) is 0.925. The molecule has 0 radical (unpaired) electrons. The van der Waals surface area contributed by atoms with E-state index < -0.39 is 17.1 Å². The van der Waals surface area contributed by atoms with E-state index in [4.69, 9.17) is 0 Å². The second kappa shape index (κ2) is 6.39. The van der Waals surface area contributed by atoms with Crippen LogP contribution in [0.3, 0.4) is 0 Å². The molecule has 0 bridgehead atoms. The molecule has 2 aromatic rings. The highest BCUT2D eigenvalue weighted by molar-refractivity contribution is 9.10. The van der Waals surface area contributed by atoms with E-state index in [1.54, 1.807) is 12.1 Å². The van der Waals surface area contributed by atoms with Crippen LogP contribution in [0.25, 0.3) is 0 Å². The SMILES string of the molecule is N#C[C@H]1C[C@@]12CN(CC(=O)Nc1ncc(F)cn1)C(=O)c1ccc(Br)cc12. The molecule has 1 N–H and O–H groups in total. The number of hydrogen-bond donors (Lipinski definition) is 1. The summed E-state index contributed by atoms with van der Waals surface area (Å²) in [6.45, 7) is 0.0974. The average molecular weight is 430 g/mol. The Balaban J connectivity index is 1.56. The molecule has 2 amide bonds. The number of amides is 2. The maximum atomic E-state index is 12.9. The summed E-state index contributed by atoms with van der Waals surface area (Å²) in [5.74, 6) is -1.59. The maximum absolute atomic E-state index is 12.9. The zero-order chi connectivity index (χ0) is 19.2. The Morgan fingerprint density at radius 1 is 1.44 bits per heavy atom. The third-order valence-corrected chi connectivity index (χ3v) is 5.44. The fourth-order valence-corrected chi connectivity index (χ4v) is 3.93. The van der Waals surface area contributed by atoms with Crippen molar-refractivity contribution in [3.05, 3.63) is 52.0 Å². The monoisotopic (exact) mass is 429 g/mol. The zero-order valence-electron chi connectivity index (χ0n) is 13.9. The average Bonchev–Trinajstić information content (AvgIpc) is 3.35. The van der Waals surface area contributed by atoms with Crippen LogP contribution in [0.4, 0.5) is 10.3 Å². The molecular formula is C18H13BrFN5O2. The Kier molecular flexibility index (Phi) is 4.15. The van der Waals surface area contributed by atoms with Gasteiger partial charge in [-0.3, -0.25) is 14.9 Å². The van der Waals surface area contributed by atoms with Gasteiger partial charge in [-0.1, -0.05) is 15.9 Å². The molecule has 1 aliphatic heterocycles. The van der Waals surface area contributed by atoms with E-state index in [1.807, 2.05) is 6.07 Å². The van der Waals surface area contributed by atoms with Gasteiger partial charge in [0.2, 0.25) is 11.9 Å². The number of carbonyl (C=O) groups is 2. The van der Waals surface area contributed by atoms with E-state index in [9.17, 15) is 19.2 Å². The van der Waals surface area contributed by atoms with Crippen LogP contribution in [0.5, 0.6) is 0 Å². The summed E-state index contributed by atoms with van der Waals surface area (Å²) in [7, 11) is 0. The lowest BCUT2D eigenvalue weighted by molar-refractivity contribution is -0.117. The van der Waals surface area contributed by atoms with Crippen LogP contribution in [0.1, 0.15) is 22.3 Å². The van der Waals surface area contributed by atoms with E-state index >= 15 is 0 Å². The molecule has 136 valence electrons. The number of aromatic nitrogens is 2. The molecule has 27 heavy (non-hydrogen) atoms. The van der Waals surface area contributed by atoms with Crippen molar-refractivity contribution < 1.29 is 14.0 Å². The molecule has 1 aromatic carbocycles. The van der Waals surface area contributed by atoms with Gasteiger partial charge in [0.1, 0.15) is 6.54 Å². The first-order chi connectivity index (χ1) is 12.9. The van der Waals surface area contributed by atoms with Crippen LogP contribution in [0.15, 0.2) is 35.1 Å². The highest BCUT2D eigenvalue weighted by Crippen LogP contribution is 2.57. The van der Waals surface area contributed by atoms with Crippen molar-refractivity contribution in [3.8, 4) is 6.07 Å². The molecule has 0 unspecified atom stereocenters. The van der Waals surface area contributed by atoms with Crippen molar-refractivity contribution in [2.24, 2.45) is 5.92 Å². The number of fused-ring (bicyclic) bond motifs is 2. The molecular weight excluding hydrogens is 417 g/mol. The molecule has 1 spiro atoms. The van der Waals surface area contributed by atoms with Gasteiger partial charge in [0, 0.05) is 22.0 Å². The Hall–Kier alpha value is -2.86. The van der Waals surface area contributed by atoms with Crippen molar-refractivity contribution in [2.45, 2.75) is 11.8 Å².